The van der Waals surface area contributed by atoms with Crippen LogP contribution in [0.15, 0.2) is 36.4 Å². The average molecular weight is 613 g/mol. The molecule has 0 aromatic heterocycles. The van der Waals surface area contributed by atoms with E-state index in [4.69, 9.17) is 4.74 Å². The van der Waals surface area contributed by atoms with Crippen LogP contribution in [-0.2, 0) is 37.7 Å². The number of ether oxygens (including phenoxy) is 1. The SMILES string of the molecule is CN1c2cc(CN(CC(=O)O)CC(=O)O)ccc2C(C)(C)C12C=Cc1cc([N+](=O)[O-])cc(CN(CC(=O)O)CC(=O)O)c1O2. The first-order valence-electron chi connectivity index (χ1n) is 13.4. The zero-order valence-electron chi connectivity index (χ0n) is 24.2. The van der Waals surface area contributed by atoms with Crippen LogP contribution < -0.4 is 9.64 Å². The van der Waals surface area contributed by atoms with E-state index in [0.29, 0.717) is 11.1 Å². The van der Waals surface area contributed by atoms with Crippen molar-refractivity contribution in [3.63, 3.8) is 0 Å². The molecule has 4 N–H and O–H groups in total. The highest BCUT2D eigenvalue weighted by Crippen LogP contribution is 2.55. The van der Waals surface area contributed by atoms with E-state index in [-0.39, 0.29) is 30.1 Å². The zero-order chi connectivity index (χ0) is 32.6. The number of nitrogens with zero attached hydrogens (tertiary/aromatic N) is 4. The predicted molar refractivity (Wildman–Crippen MR) is 154 cm³/mol. The number of hydrogen-bond donors (Lipinski definition) is 4. The molecule has 0 saturated carbocycles. The molecule has 2 aromatic rings. The van der Waals surface area contributed by atoms with Crippen molar-refractivity contribution < 1.29 is 49.3 Å². The average Bonchev–Trinajstić information content (AvgIpc) is 3.04. The van der Waals surface area contributed by atoms with Gasteiger partial charge in [-0.15, -0.1) is 0 Å². The summed E-state index contributed by atoms with van der Waals surface area (Å²) in [4.78, 5) is 60.9. The quantitative estimate of drug-likeness (QED) is 0.188. The minimum atomic E-state index is -1.27. The summed E-state index contributed by atoms with van der Waals surface area (Å²) in [6, 6.07) is 8.05. The third-order valence-corrected chi connectivity index (χ3v) is 7.86. The van der Waals surface area contributed by atoms with Crippen molar-refractivity contribution >= 4 is 41.3 Å². The number of carboxylic acid groups (broad SMARTS) is 4. The van der Waals surface area contributed by atoms with Crippen LogP contribution in [0.25, 0.3) is 6.08 Å². The summed E-state index contributed by atoms with van der Waals surface area (Å²) in [5, 5.41) is 48.9. The fraction of sp³-hybridized carbons (Fsp3) is 0.379. The second-order valence-corrected chi connectivity index (χ2v) is 11.3. The number of nitro groups is 1. The zero-order valence-corrected chi connectivity index (χ0v) is 24.2. The van der Waals surface area contributed by atoms with E-state index >= 15 is 0 Å². The first-order valence-corrected chi connectivity index (χ1v) is 13.4. The summed E-state index contributed by atoms with van der Waals surface area (Å²) in [5.41, 5.74) is 0.663. The number of nitro benzene ring substituents is 1. The van der Waals surface area contributed by atoms with Gasteiger partial charge in [-0.2, -0.15) is 0 Å². The minimum Gasteiger partial charge on any atom is -0.480 e. The number of carbonyl (C=O) groups is 4. The van der Waals surface area contributed by atoms with Crippen LogP contribution in [0, 0.1) is 10.1 Å². The third-order valence-electron chi connectivity index (χ3n) is 7.86. The van der Waals surface area contributed by atoms with Gasteiger partial charge in [0.2, 0.25) is 5.72 Å². The lowest BCUT2D eigenvalue weighted by atomic mass is 9.76. The molecule has 234 valence electrons. The Morgan fingerprint density at radius 3 is 1.95 bits per heavy atom. The highest BCUT2D eigenvalue weighted by atomic mass is 16.6. The number of non-ortho nitro benzene ring substituents is 1. The molecule has 0 bridgehead atoms. The number of carboxylic acids is 4. The summed E-state index contributed by atoms with van der Waals surface area (Å²) in [6.07, 6.45) is 3.45. The van der Waals surface area contributed by atoms with Gasteiger partial charge in [0.15, 0.2) is 0 Å². The fourth-order valence-corrected chi connectivity index (χ4v) is 5.95. The molecule has 0 aliphatic carbocycles. The van der Waals surface area contributed by atoms with Gasteiger partial charge in [0.1, 0.15) is 5.75 Å². The van der Waals surface area contributed by atoms with Gasteiger partial charge in [-0.1, -0.05) is 12.1 Å². The van der Waals surface area contributed by atoms with Gasteiger partial charge < -0.3 is 30.1 Å². The molecule has 2 aliphatic heterocycles. The summed E-state index contributed by atoms with van der Waals surface area (Å²) in [5.74, 6) is -4.62. The maximum absolute atomic E-state index is 11.7. The highest BCUT2D eigenvalue weighted by Gasteiger charge is 2.58. The van der Waals surface area contributed by atoms with Crippen LogP contribution in [0.1, 0.15) is 36.1 Å². The number of benzene rings is 2. The lowest BCUT2D eigenvalue weighted by Crippen LogP contribution is -2.58. The van der Waals surface area contributed by atoms with Crippen molar-refractivity contribution in [2.75, 3.05) is 38.1 Å². The molecule has 0 radical (unpaired) electrons. The molecule has 0 amide bonds. The van der Waals surface area contributed by atoms with Crippen LogP contribution in [0.3, 0.4) is 0 Å². The summed E-state index contributed by atoms with van der Waals surface area (Å²) >= 11 is 0. The van der Waals surface area contributed by atoms with E-state index < -0.39 is 66.1 Å². The molecule has 4 rings (SSSR count). The third kappa shape index (κ3) is 6.18. The molecule has 2 aliphatic rings. The van der Waals surface area contributed by atoms with Gasteiger partial charge in [-0.3, -0.25) is 39.1 Å². The summed E-state index contributed by atoms with van der Waals surface area (Å²) in [6.45, 7) is 1.52. The normalized spacial score (nSPS) is 17.8. The molecule has 1 atom stereocenters. The largest absolute Gasteiger partial charge is 0.480 e. The first kappa shape index (κ1) is 31.9. The van der Waals surface area contributed by atoms with Crippen LogP contribution in [-0.4, -0.2) is 98.0 Å². The first-order chi connectivity index (χ1) is 20.5. The monoisotopic (exact) mass is 612 g/mol. The van der Waals surface area contributed by atoms with Crippen LogP contribution >= 0.6 is 0 Å². The molecular weight excluding hydrogens is 580 g/mol. The van der Waals surface area contributed by atoms with Gasteiger partial charge in [0, 0.05) is 49.1 Å². The molecule has 0 fully saturated rings. The topological polar surface area (TPSA) is 211 Å². The van der Waals surface area contributed by atoms with Crippen LogP contribution in [0.5, 0.6) is 5.75 Å². The summed E-state index contributed by atoms with van der Waals surface area (Å²) in [7, 11) is 1.78. The maximum atomic E-state index is 11.7. The van der Waals surface area contributed by atoms with E-state index in [1.54, 1.807) is 25.3 Å². The van der Waals surface area contributed by atoms with Crippen molar-refractivity contribution in [2.45, 2.75) is 38.1 Å². The Morgan fingerprint density at radius 1 is 0.886 bits per heavy atom. The Hall–Kier alpha value is -5.02. The number of rotatable bonds is 13. The summed E-state index contributed by atoms with van der Waals surface area (Å²) < 4.78 is 6.72. The molecule has 15 nitrogen and oxygen atoms in total. The Balaban J connectivity index is 1.75. The van der Waals surface area contributed by atoms with Crippen LogP contribution in [0.4, 0.5) is 11.4 Å². The number of fused-ring (bicyclic) bond motifs is 2. The maximum Gasteiger partial charge on any atom is 0.317 e. The lowest BCUT2D eigenvalue weighted by molar-refractivity contribution is -0.385. The number of anilines is 1. The molecule has 15 heteroatoms. The lowest BCUT2D eigenvalue weighted by Gasteiger charge is -2.46. The van der Waals surface area contributed by atoms with Gasteiger partial charge in [-0.25, -0.2) is 0 Å². The predicted octanol–water partition coefficient (Wildman–Crippen LogP) is 2.07. The van der Waals surface area contributed by atoms with E-state index in [1.165, 1.54) is 17.0 Å². The molecule has 44 heavy (non-hydrogen) atoms. The molecule has 0 saturated heterocycles. The smallest absolute Gasteiger partial charge is 0.317 e. The van der Waals surface area contributed by atoms with Crippen molar-refractivity contribution in [3.8, 4) is 5.75 Å². The Kier molecular flexibility index (Phi) is 8.65. The van der Waals surface area contributed by atoms with Gasteiger partial charge in [0.25, 0.3) is 5.69 Å². The molecule has 2 aromatic carbocycles. The van der Waals surface area contributed by atoms with Gasteiger partial charge in [-0.05, 0) is 43.2 Å². The van der Waals surface area contributed by atoms with Gasteiger partial charge in [0.05, 0.1) is 36.5 Å². The van der Waals surface area contributed by atoms with Crippen molar-refractivity contribution in [3.05, 3.63) is 68.8 Å². The van der Waals surface area contributed by atoms with E-state index in [1.807, 2.05) is 30.9 Å². The van der Waals surface area contributed by atoms with Crippen LogP contribution in [0.2, 0.25) is 0 Å². The minimum absolute atomic E-state index is 0.0590. The van der Waals surface area contributed by atoms with Crippen molar-refractivity contribution in [2.24, 2.45) is 0 Å². The van der Waals surface area contributed by atoms with E-state index in [9.17, 15) is 49.7 Å². The van der Waals surface area contributed by atoms with E-state index in [2.05, 4.69) is 0 Å². The second-order valence-electron chi connectivity index (χ2n) is 11.3. The second kappa shape index (κ2) is 11.9. The van der Waals surface area contributed by atoms with E-state index in [0.717, 1.165) is 16.2 Å². The molecular formula is C29H32N4O11. The number of hydrogen-bond acceptors (Lipinski definition) is 10. The Bertz CT molecular complexity index is 1540. The number of likely N-dealkylation sites (N-methyl/N-ethyl adjacent to an activating group) is 1. The molecule has 1 spiro atoms. The fourth-order valence-electron chi connectivity index (χ4n) is 5.95. The van der Waals surface area contributed by atoms with Crippen molar-refractivity contribution in [1.82, 2.24) is 9.80 Å². The standard InChI is InChI=1S/C29H32N4O11/c1-28(2)21-5-4-17(11-31(13-23(34)35)14-24(36)37)8-22(21)30(3)29(28)7-6-18-9-20(33(42)43)10-19(27(18)44-29)12-32(15-25(38)39)16-26(40)41/h4-10H,11-16H2,1-3H3,(H,34,35)(H,36,37)(H,38,39)(H,40,41). The Labute approximate surface area is 251 Å². The molecule has 1 unspecified atom stereocenters. The molecule has 2 heterocycles. The number of aliphatic carboxylic acids is 4. The van der Waals surface area contributed by atoms with Crippen molar-refractivity contribution in [1.29, 1.82) is 0 Å². The van der Waals surface area contributed by atoms with Gasteiger partial charge >= 0.3 is 23.9 Å². The highest BCUT2D eigenvalue weighted by molar-refractivity contribution is 5.76. The Morgan fingerprint density at radius 2 is 1.43 bits per heavy atom.